The van der Waals surface area contributed by atoms with E-state index < -0.39 is 18.6 Å². The molecule has 166 valence electrons. The van der Waals surface area contributed by atoms with Gasteiger partial charge in [-0.3, -0.25) is 14.5 Å². The Morgan fingerprint density at radius 1 is 1.23 bits per heavy atom. The van der Waals surface area contributed by atoms with Crippen molar-refractivity contribution in [1.29, 1.82) is 0 Å². The summed E-state index contributed by atoms with van der Waals surface area (Å²) in [5, 5.41) is 9.26. The molecule has 30 heavy (non-hydrogen) atoms. The van der Waals surface area contributed by atoms with Gasteiger partial charge in [0.1, 0.15) is 11.8 Å². The first-order valence-electron chi connectivity index (χ1n) is 10.2. The molecule has 0 aliphatic carbocycles. The smallest absolute Gasteiger partial charge is 0.387 e. The number of amides is 2. The molecule has 2 fully saturated rings. The molecule has 2 heterocycles. The van der Waals surface area contributed by atoms with Crippen LogP contribution in [0.2, 0.25) is 0 Å². The number of nitrogens with zero attached hydrogens (tertiary/aromatic N) is 3. The highest BCUT2D eigenvalue weighted by Gasteiger charge is 2.41. The van der Waals surface area contributed by atoms with Crippen molar-refractivity contribution in [2.75, 3.05) is 39.3 Å². The van der Waals surface area contributed by atoms with Gasteiger partial charge >= 0.3 is 6.61 Å². The summed E-state index contributed by atoms with van der Waals surface area (Å²) >= 11 is 0. The fraction of sp³-hybridized carbons (Fsp3) is 0.619. The van der Waals surface area contributed by atoms with Crippen molar-refractivity contribution in [3.05, 3.63) is 29.8 Å². The number of aliphatic hydroxyl groups excluding tert-OH is 1. The van der Waals surface area contributed by atoms with Crippen LogP contribution in [0.15, 0.2) is 24.3 Å². The van der Waals surface area contributed by atoms with Crippen LogP contribution in [-0.4, -0.2) is 89.1 Å². The highest BCUT2D eigenvalue weighted by molar-refractivity contribution is 6.00. The number of hydrogen-bond donors (Lipinski definition) is 1. The van der Waals surface area contributed by atoms with Crippen LogP contribution in [0, 0.1) is 0 Å². The Labute approximate surface area is 175 Å². The van der Waals surface area contributed by atoms with Crippen LogP contribution in [0.3, 0.4) is 0 Å². The van der Waals surface area contributed by atoms with Gasteiger partial charge < -0.3 is 19.6 Å². The first-order chi connectivity index (χ1) is 14.2. The van der Waals surface area contributed by atoms with Gasteiger partial charge in [-0.2, -0.15) is 8.78 Å². The van der Waals surface area contributed by atoms with Crippen molar-refractivity contribution in [1.82, 2.24) is 14.7 Å². The molecule has 0 spiro atoms. The monoisotopic (exact) mass is 425 g/mol. The topological polar surface area (TPSA) is 73.3 Å². The zero-order valence-corrected chi connectivity index (χ0v) is 17.4. The zero-order chi connectivity index (χ0) is 21.9. The van der Waals surface area contributed by atoms with Gasteiger partial charge in [0, 0.05) is 38.3 Å². The van der Waals surface area contributed by atoms with Gasteiger partial charge in [0.2, 0.25) is 5.91 Å². The van der Waals surface area contributed by atoms with E-state index >= 15 is 0 Å². The molecule has 2 amide bonds. The number of β-amino-alcohol motifs (C(OH)–C–C–N with tert-alkyl or cyclic N) is 1. The molecule has 2 aliphatic heterocycles. The van der Waals surface area contributed by atoms with Crippen LogP contribution < -0.4 is 4.74 Å². The molecular formula is C21H29F2N3O4. The van der Waals surface area contributed by atoms with Crippen molar-refractivity contribution < 1.29 is 28.2 Å². The van der Waals surface area contributed by atoms with Crippen molar-refractivity contribution >= 4 is 11.8 Å². The van der Waals surface area contributed by atoms with Gasteiger partial charge in [0.05, 0.1) is 12.2 Å². The number of carbonyl (C=O) groups is 2. The van der Waals surface area contributed by atoms with E-state index in [9.17, 15) is 23.5 Å². The van der Waals surface area contributed by atoms with E-state index in [1.807, 2.05) is 13.8 Å². The summed E-state index contributed by atoms with van der Waals surface area (Å²) in [6.07, 6.45) is 1.22. The zero-order valence-electron chi connectivity index (χ0n) is 17.4. The third-order valence-corrected chi connectivity index (χ3v) is 5.89. The molecule has 2 saturated heterocycles. The Morgan fingerprint density at radius 3 is 2.63 bits per heavy atom. The summed E-state index contributed by atoms with van der Waals surface area (Å²) in [4.78, 5) is 31.8. The first-order valence-corrected chi connectivity index (χ1v) is 10.2. The Kier molecular flexibility index (Phi) is 6.92. The van der Waals surface area contributed by atoms with E-state index in [1.54, 1.807) is 11.0 Å². The summed E-state index contributed by atoms with van der Waals surface area (Å²) in [7, 11) is 0. The van der Waals surface area contributed by atoms with Gasteiger partial charge in [-0.1, -0.05) is 12.1 Å². The number of hydrogen-bond acceptors (Lipinski definition) is 5. The molecule has 0 saturated carbocycles. The van der Waals surface area contributed by atoms with Crippen molar-refractivity contribution in [2.45, 2.75) is 44.9 Å². The lowest BCUT2D eigenvalue weighted by Crippen LogP contribution is -2.63. The Hall–Kier alpha value is -2.26. The van der Waals surface area contributed by atoms with Crippen LogP contribution in [0.1, 0.15) is 37.0 Å². The Morgan fingerprint density at radius 2 is 1.97 bits per heavy atom. The maximum absolute atomic E-state index is 13.3. The fourth-order valence-corrected chi connectivity index (χ4v) is 4.39. The van der Waals surface area contributed by atoms with Crippen molar-refractivity contribution in [2.24, 2.45) is 0 Å². The number of ether oxygens (including phenoxy) is 1. The quantitative estimate of drug-likeness (QED) is 0.753. The van der Waals surface area contributed by atoms with Gasteiger partial charge in [-0.05, 0) is 38.8 Å². The average molecular weight is 425 g/mol. The second-order valence-electron chi connectivity index (χ2n) is 8.31. The second-order valence-corrected chi connectivity index (χ2v) is 8.31. The number of benzene rings is 1. The minimum absolute atomic E-state index is 0.0330. The molecule has 9 heteroatoms. The van der Waals surface area contributed by atoms with Crippen LogP contribution in [-0.2, 0) is 4.79 Å². The van der Waals surface area contributed by atoms with Gasteiger partial charge in [0.25, 0.3) is 5.91 Å². The lowest BCUT2D eigenvalue weighted by atomic mass is 9.98. The van der Waals surface area contributed by atoms with Crippen molar-refractivity contribution in [3.63, 3.8) is 0 Å². The van der Waals surface area contributed by atoms with Gasteiger partial charge in [-0.25, -0.2) is 0 Å². The molecule has 2 aliphatic rings. The molecule has 1 atom stereocenters. The molecule has 1 N–H and O–H groups in total. The van der Waals surface area contributed by atoms with E-state index in [1.165, 1.54) is 23.1 Å². The van der Waals surface area contributed by atoms with Crippen molar-refractivity contribution in [3.8, 4) is 5.75 Å². The maximum Gasteiger partial charge on any atom is 0.387 e. The number of halogens is 2. The molecule has 0 aromatic heterocycles. The third-order valence-electron chi connectivity index (χ3n) is 5.89. The number of alkyl halides is 2. The fourth-order valence-electron chi connectivity index (χ4n) is 4.39. The summed E-state index contributed by atoms with van der Waals surface area (Å²) in [6.45, 7) is 3.67. The largest absolute Gasteiger partial charge is 0.434 e. The minimum atomic E-state index is -3.03. The summed E-state index contributed by atoms with van der Waals surface area (Å²) in [6, 6.07) is 5.26. The van der Waals surface area contributed by atoms with E-state index in [-0.39, 0.29) is 29.4 Å². The first kappa shape index (κ1) is 22.4. The molecule has 7 nitrogen and oxygen atoms in total. The normalized spacial score (nSPS) is 21.9. The minimum Gasteiger partial charge on any atom is -0.434 e. The molecule has 0 bridgehead atoms. The molecule has 1 aromatic carbocycles. The van der Waals surface area contributed by atoms with Crippen LogP contribution in [0.4, 0.5) is 8.78 Å². The standard InChI is InChI=1S/C21H29F2N3O4/c1-21(2)14-24(10-11-25(21)12-13-27)19(29)16-7-5-9-26(16)18(28)15-6-3-4-8-17(15)30-20(22)23/h3-4,6,8,16,20,27H,5,7,9-14H2,1-2H3. The highest BCUT2D eigenvalue weighted by atomic mass is 19.3. The SMILES string of the molecule is CC1(C)CN(C(=O)C2CCCN2C(=O)c2ccccc2OC(F)F)CCN1CCO. The molecule has 1 unspecified atom stereocenters. The summed E-state index contributed by atoms with van der Waals surface area (Å²) in [5.74, 6) is -0.778. The van der Waals surface area contributed by atoms with E-state index in [2.05, 4.69) is 9.64 Å². The second kappa shape index (κ2) is 9.26. The van der Waals surface area contributed by atoms with E-state index in [0.717, 1.165) is 0 Å². The number of piperazine rings is 1. The van der Waals surface area contributed by atoms with E-state index in [0.29, 0.717) is 45.6 Å². The van der Waals surface area contributed by atoms with E-state index in [4.69, 9.17) is 0 Å². The Bertz CT molecular complexity index is 774. The van der Waals surface area contributed by atoms with Gasteiger partial charge in [-0.15, -0.1) is 0 Å². The molecule has 0 radical (unpaired) electrons. The number of para-hydroxylation sites is 1. The lowest BCUT2D eigenvalue weighted by Gasteiger charge is -2.47. The van der Waals surface area contributed by atoms with Crippen LogP contribution in [0.5, 0.6) is 5.75 Å². The number of aliphatic hydroxyl groups is 1. The number of rotatable bonds is 6. The highest BCUT2D eigenvalue weighted by Crippen LogP contribution is 2.29. The number of likely N-dealkylation sites (tertiary alicyclic amines) is 1. The number of carbonyl (C=O) groups excluding carboxylic acids is 2. The predicted molar refractivity (Wildman–Crippen MR) is 106 cm³/mol. The molecular weight excluding hydrogens is 396 g/mol. The van der Waals surface area contributed by atoms with Crippen LogP contribution in [0.25, 0.3) is 0 Å². The molecule has 1 aromatic rings. The van der Waals surface area contributed by atoms with Gasteiger partial charge in [0.15, 0.2) is 0 Å². The Balaban J connectivity index is 1.75. The third kappa shape index (κ3) is 4.73. The average Bonchev–Trinajstić information content (AvgIpc) is 3.18. The predicted octanol–water partition coefficient (Wildman–Crippen LogP) is 1.81. The molecule has 3 rings (SSSR count). The lowest BCUT2D eigenvalue weighted by molar-refractivity contribution is -0.140. The summed E-state index contributed by atoms with van der Waals surface area (Å²) in [5.41, 5.74) is -0.257. The van der Waals surface area contributed by atoms with Crippen LogP contribution >= 0.6 is 0 Å². The summed E-state index contributed by atoms with van der Waals surface area (Å²) < 4.78 is 29.9. The maximum atomic E-state index is 13.3.